The highest BCUT2D eigenvalue weighted by Crippen LogP contribution is 2.40. The van der Waals surface area contributed by atoms with Gasteiger partial charge in [0.05, 0.1) is 15.9 Å². The number of hydrogen-bond acceptors (Lipinski definition) is 4. The first-order chi connectivity index (χ1) is 10.00. The number of hydrogen-bond donors (Lipinski definition) is 0. The fourth-order valence-electron chi connectivity index (χ4n) is 2.21. The van der Waals surface area contributed by atoms with E-state index in [1.54, 1.807) is 0 Å². The highest BCUT2D eigenvalue weighted by molar-refractivity contribution is 7.89. The van der Waals surface area contributed by atoms with Gasteiger partial charge in [-0.3, -0.25) is 10.1 Å². The topological polar surface area (TPSA) is 80.3 Å². The second-order valence-corrected chi connectivity index (χ2v) is 6.64. The predicted molar refractivity (Wildman–Crippen MR) is 76.2 cm³/mol. The van der Waals surface area contributed by atoms with Gasteiger partial charge in [0.2, 0.25) is 10.0 Å². The van der Waals surface area contributed by atoms with Crippen molar-refractivity contribution in [2.45, 2.75) is 10.9 Å². The first-order valence-electron chi connectivity index (χ1n) is 6.31. The number of nitro groups is 1. The zero-order valence-electron chi connectivity index (χ0n) is 10.9. The minimum absolute atomic E-state index is 0.0755. The molecule has 1 unspecified atom stereocenters. The molecule has 0 saturated carbocycles. The van der Waals surface area contributed by atoms with Crippen LogP contribution in [0.5, 0.6) is 0 Å². The minimum Gasteiger partial charge on any atom is -0.258 e. The van der Waals surface area contributed by atoms with Crippen LogP contribution in [0.25, 0.3) is 0 Å². The second kappa shape index (κ2) is 4.94. The van der Waals surface area contributed by atoms with Gasteiger partial charge in [-0.05, 0) is 17.7 Å². The molecule has 108 valence electrons. The van der Waals surface area contributed by atoms with E-state index in [1.165, 1.54) is 28.6 Å². The van der Waals surface area contributed by atoms with E-state index in [0.717, 1.165) is 5.56 Å². The molecule has 1 heterocycles. The molecule has 1 saturated heterocycles. The summed E-state index contributed by atoms with van der Waals surface area (Å²) in [6.07, 6.45) is 0. The smallest absolute Gasteiger partial charge is 0.258 e. The monoisotopic (exact) mass is 304 g/mol. The van der Waals surface area contributed by atoms with Gasteiger partial charge in [-0.2, -0.15) is 4.31 Å². The van der Waals surface area contributed by atoms with E-state index in [4.69, 9.17) is 0 Å². The molecule has 2 aromatic carbocycles. The van der Waals surface area contributed by atoms with Gasteiger partial charge >= 0.3 is 0 Å². The van der Waals surface area contributed by atoms with Crippen LogP contribution in [0.4, 0.5) is 5.69 Å². The highest BCUT2D eigenvalue weighted by Gasteiger charge is 2.45. The van der Waals surface area contributed by atoms with Crippen molar-refractivity contribution in [1.82, 2.24) is 4.31 Å². The van der Waals surface area contributed by atoms with E-state index < -0.39 is 14.9 Å². The molecule has 2 atom stereocenters. The van der Waals surface area contributed by atoms with Gasteiger partial charge in [0.15, 0.2) is 0 Å². The van der Waals surface area contributed by atoms with E-state index in [1.807, 2.05) is 30.3 Å². The molecular formula is C14H12N2O4S. The predicted octanol–water partition coefficient (Wildman–Crippen LogP) is 2.34. The van der Waals surface area contributed by atoms with E-state index in [0.29, 0.717) is 6.54 Å². The third-order valence-corrected chi connectivity index (χ3v) is 5.29. The van der Waals surface area contributed by atoms with E-state index in [9.17, 15) is 18.5 Å². The molecule has 0 aliphatic carbocycles. The van der Waals surface area contributed by atoms with Crippen LogP contribution in [0.3, 0.4) is 0 Å². The lowest BCUT2D eigenvalue weighted by Gasteiger charge is -2.06. The third kappa shape index (κ3) is 2.53. The SMILES string of the molecule is O=[N+]([O-])c1ccc(S(=O)(=O)N2C[C@@H]2c2ccccc2)cc1. The molecule has 7 heteroatoms. The molecule has 21 heavy (non-hydrogen) atoms. The number of benzene rings is 2. The molecule has 1 aliphatic rings. The van der Waals surface area contributed by atoms with Crippen LogP contribution in [0.15, 0.2) is 59.5 Å². The summed E-state index contributed by atoms with van der Waals surface area (Å²) < 4.78 is 26.2. The number of nitro benzene ring substituents is 1. The molecular weight excluding hydrogens is 292 g/mol. The summed E-state index contributed by atoms with van der Waals surface area (Å²) in [5, 5.41) is 10.6. The molecule has 0 bridgehead atoms. The van der Waals surface area contributed by atoms with Crippen LogP contribution in [-0.2, 0) is 10.0 Å². The maximum Gasteiger partial charge on any atom is 0.269 e. The maximum atomic E-state index is 12.4. The van der Waals surface area contributed by atoms with Crippen molar-refractivity contribution in [1.29, 1.82) is 0 Å². The van der Waals surface area contributed by atoms with Crippen molar-refractivity contribution in [2.24, 2.45) is 0 Å². The summed E-state index contributed by atoms with van der Waals surface area (Å²) in [7, 11) is -3.59. The number of non-ortho nitro benzene ring substituents is 1. The zero-order chi connectivity index (χ0) is 15.0. The van der Waals surface area contributed by atoms with Crippen LogP contribution in [0, 0.1) is 10.1 Å². The van der Waals surface area contributed by atoms with E-state index in [-0.39, 0.29) is 16.6 Å². The van der Waals surface area contributed by atoms with Gasteiger partial charge in [0, 0.05) is 18.7 Å². The average Bonchev–Trinajstić information content (AvgIpc) is 3.29. The summed E-state index contributed by atoms with van der Waals surface area (Å²) in [6.45, 7) is 0.434. The Morgan fingerprint density at radius 1 is 1.05 bits per heavy atom. The Labute approximate surface area is 121 Å². The Hall–Kier alpha value is -2.25. The fourth-order valence-corrected chi connectivity index (χ4v) is 3.76. The van der Waals surface area contributed by atoms with Crippen molar-refractivity contribution in [3.63, 3.8) is 0 Å². The second-order valence-electron chi connectivity index (χ2n) is 4.75. The van der Waals surface area contributed by atoms with E-state index >= 15 is 0 Å². The molecule has 3 rings (SSSR count). The van der Waals surface area contributed by atoms with Gasteiger partial charge in [0.25, 0.3) is 5.69 Å². The van der Waals surface area contributed by atoms with Crippen LogP contribution >= 0.6 is 0 Å². The molecule has 0 spiro atoms. The first-order valence-corrected chi connectivity index (χ1v) is 7.75. The van der Waals surface area contributed by atoms with Crippen molar-refractivity contribution in [2.75, 3.05) is 6.54 Å². The number of nitrogens with zero attached hydrogens (tertiary/aromatic N) is 2. The van der Waals surface area contributed by atoms with Gasteiger partial charge in [-0.15, -0.1) is 0 Å². The average molecular weight is 304 g/mol. The fraction of sp³-hybridized carbons (Fsp3) is 0.143. The number of sulfonamides is 1. The molecule has 1 aliphatic heterocycles. The van der Waals surface area contributed by atoms with Crippen LogP contribution < -0.4 is 0 Å². The third-order valence-electron chi connectivity index (χ3n) is 3.41. The molecule has 6 nitrogen and oxygen atoms in total. The van der Waals surface area contributed by atoms with Crippen LogP contribution in [0.1, 0.15) is 11.6 Å². The molecule has 2 aromatic rings. The Morgan fingerprint density at radius 2 is 1.67 bits per heavy atom. The van der Waals surface area contributed by atoms with Crippen LogP contribution in [0.2, 0.25) is 0 Å². The van der Waals surface area contributed by atoms with Crippen molar-refractivity contribution in [3.05, 3.63) is 70.3 Å². The Kier molecular flexibility index (Phi) is 3.23. The Bertz CT molecular complexity index is 772. The molecule has 0 amide bonds. The number of rotatable bonds is 4. The van der Waals surface area contributed by atoms with Crippen LogP contribution in [-0.4, -0.2) is 24.2 Å². The summed E-state index contributed by atoms with van der Waals surface area (Å²) in [5.74, 6) is 0. The maximum absolute atomic E-state index is 12.4. The largest absolute Gasteiger partial charge is 0.269 e. The highest BCUT2D eigenvalue weighted by atomic mass is 32.2. The summed E-state index contributed by atoms with van der Waals surface area (Å²) in [6, 6.07) is 14.2. The van der Waals surface area contributed by atoms with E-state index in [2.05, 4.69) is 0 Å². The quantitative estimate of drug-likeness (QED) is 0.493. The molecule has 0 radical (unpaired) electrons. The Balaban J connectivity index is 1.84. The van der Waals surface area contributed by atoms with Gasteiger partial charge in [-0.1, -0.05) is 30.3 Å². The summed E-state index contributed by atoms with van der Waals surface area (Å²) >= 11 is 0. The molecule has 0 N–H and O–H groups in total. The van der Waals surface area contributed by atoms with Gasteiger partial charge in [0.1, 0.15) is 0 Å². The lowest BCUT2D eigenvalue weighted by Crippen LogP contribution is -2.12. The standard InChI is InChI=1S/C14H12N2O4S/c17-16(18)12-6-8-13(9-7-12)21(19,20)15-10-14(15)11-4-2-1-3-5-11/h1-9,14H,10H2/t14-,15?/m1/s1. The summed E-state index contributed by atoms with van der Waals surface area (Å²) in [4.78, 5) is 10.1. The normalized spacial score (nSPS) is 21.0. The lowest BCUT2D eigenvalue weighted by molar-refractivity contribution is -0.384. The van der Waals surface area contributed by atoms with Gasteiger partial charge in [-0.25, -0.2) is 8.42 Å². The Morgan fingerprint density at radius 3 is 2.24 bits per heavy atom. The van der Waals surface area contributed by atoms with Crippen molar-refractivity contribution >= 4 is 15.7 Å². The lowest BCUT2D eigenvalue weighted by atomic mass is 10.2. The van der Waals surface area contributed by atoms with Gasteiger partial charge < -0.3 is 0 Å². The van der Waals surface area contributed by atoms with Crippen molar-refractivity contribution < 1.29 is 13.3 Å². The molecule has 0 aromatic heterocycles. The summed E-state index contributed by atoms with van der Waals surface area (Å²) in [5.41, 5.74) is 0.822. The minimum atomic E-state index is -3.59. The molecule has 1 fully saturated rings. The zero-order valence-corrected chi connectivity index (χ0v) is 11.7. The van der Waals surface area contributed by atoms with Crippen molar-refractivity contribution in [3.8, 4) is 0 Å². The first kappa shape index (κ1) is 13.7.